The summed E-state index contributed by atoms with van der Waals surface area (Å²) in [6, 6.07) is 17.0. The zero-order chi connectivity index (χ0) is 23.5. The fourth-order valence-electron chi connectivity index (χ4n) is 3.13. The lowest BCUT2D eigenvalue weighted by molar-refractivity contribution is -0.123. The monoisotopic (exact) mass is 609 g/mol. The molecule has 1 heterocycles. The number of amides is 2. The summed E-state index contributed by atoms with van der Waals surface area (Å²) in [4.78, 5) is 26.8. The molecule has 1 aliphatic rings. The molecule has 4 nitrogen and oxygen atoms in total. The molecule has 2 amide bonds. The highest BCUT2D eigenvalue weighted by molar-refractivity contribution is 9.11. The molecule has 1 fully saturated rings. The first kappa shape index (κ1) is 24.0. The Labute approximate surface area is 216 Å². The molecule has 33 heavy (non-hydrogen) atoms. The highest BCUT2D eigenvalue weighted by Gasteiger charge is 2.35. The Morgan fingerprint density at radius 2 is 1.70 bits per heavy atom. The maximum atomic E-state index is 13.9. The summed E-state index contributed by atoms with van der Waals surface area (Å²) >= 11 is 13.7. The van der Waals surface area contributed by atoms with Gasteiger partial charge in [0.05, 0.1) is 20.4 Å². The van der Waals surface area contributed by atoms with E-state index in [1.165, 1.54) is 11.0 Å². The number of ether oxygens (including phenoxy) is 1. The third-order valence-corrected chi connectivity index (χ3v) is 7.11. The van der Waals surface area contributed by atoms with Crippen molar-refractivity contribution in [3.05, 3.63) is 102 Å². The average Bonchev–Trinajstić information content (AvgIpc) is 3.03. The summed E-state index contributed by atoms with van der Waals surface area (Å²) in [6.07, 6.45) is 1.66. The summed E-state index contributed by atoms with van der Waals surface area (Å²) in [5.74, 6) is -0.186. The number of halogens is 4. The minimum atomic E-state index is -0.355. The van der Waals surface area contributed by atoms with E-state index in [0.29, 0.717) is 35.7 Å². The van der Waals surface area contributed by atoms with Crippen LogP contribution in [-0.4, -0.2) is 16.0 Å². The highest BCUT2D eigenvalue weighted by atomic mass is 79.9. The predicted molar refractivity (Wildman–Crippen MR) is 136 cm³/mol. The molecule has 0 aromatic heterocycles. The minimum Gasteiger partial charge on any atom is -0.486 e. The van der Waals surface area contributed by atoms with Crippen LogP contribution in [0, 0.1) is 5.82 Å². The first-order valence-electron chi connectivity index (χ1n) is 9.67. The van der Waals surface area contributed by atoms with E-state index < -0.39 is 0 Å². The third-order valence-electron chi connectivity index (χ3n) is 4.78. The summed E-state index contributed by atoms with van der Waals surface area (Å²) in [5, 5.41) is 0.259. The zero-order valence-corrected chi connectivity index (χ0v) is 21.6. The Morgan fingerprint density at radius 1 is 1.03 bits per heavy atom. The third kappa shape index (κ3) is 5.69. The molecule has 0 radical (unpaired) electrons. The molecule has 9 heteroatoms. The fourth-order valence-corrected chi connectivity index (χ4v) is 5.54. The first-order chi connectivity index (χ1) is 15.8. The van der Waals surface area contributed by atoms with Crippen molar-refractivity contribution in [3.8, 4) is 5.75 Å². The van der Waals surface area contributed by atoms with E-state index in [1.54, 1.807) is 60.7 Å². The lowest BCUT2D eigenvalue weighted by atomic mass is 10.2. The van der Waals surface area contributed by atoms with Crippen molar-refractivity contribution >= 4 is 72.4 Å². The van der Waals surface area contributed by atoms with Gasteiger partial charge < -0.3 is 4.74 Å². The van der Waals surface area contributed by atoms with Crippen LogP contribution in [0.1, 0.15) is 16.7 Å². The molecule has 0 aliphatic carbocycles. The van der Waals surface area contributed by atoms with Gasteiger partial charge in [0, 0.05) is 10.6 Å². The van der Waals surface area contributed by atoms with Crippen LogP contribution in [0.2, 0.25) is 5.02 Å². The van der Waals surface area contributed by atoms with Gasteiger partial charge in [-0.1, -0.05) is 41.9 Å². The summed E-state index contributed by atoms with van der Waals surface area (Å²) in [5.41, 5.74) is 1.95. The fraction of sp³-hybridized carbons (Fsp3) is 0.0833. The maximum Gasteiger partial charge on any atom is 0.293 e. The van der Waals surface area contributed by atoms with Gasteiger partial charge in [0.25, 0.3) is 11.1 Å². The van der Waals surface area contributed by atoms with Crippen LogP contribution in [0.4, 0.5) is 9.18 Å². The summed E-state index contributed by atoms with van der Waals surface area (Å²) in [6.45, 7) is 0.238. The van der Waals surface area contributed by atoms with Gasteiger partial charge >= 0.3 is 0 Å². The van der Waals surface area contributed by atoms with E-state index in [0.717, 1.165) is 17.3 Å². The van der Waals surface area contributed by atoms with Gasteiger partial charge in [-0.3, -0.25) is 14.5 Å². The van der Waals surface area contributed by atoms with Gasteiger partial charge in [0.15, 0.2) is 0 Å². The van der Waals surface area contributed by atoms with Crippen LogP contribution in [0.3, 0.4) is 0 Å². The zero-order valence-electron chi connectivity index (χ0n) is 16.9. The second-order valence-corrected chi connectivity index (χ2v) is 10.2. The molecule has 4 rings (SSSR count). The van der Waals surface area contributed by atoms with Gasteiger partial charge in [-0.05, 0) is 91.2 Å². The lowest BCUT2D eigenvalue weighted by Crippen LogP contribution is -2.27. The van der Waals surface area contributed by atoms with E-state index >= 15 is 0 Å². The van der Waals surface area contributed by atoms with E-state index in [-0.39, 0.29) is 30.1 Å². The van der Waals surface area contributed by atoms with E-state index in [2.05, 4.69) is 31.9 Å². The molecule has 0 unspecified atom stereocenters. The number of thioether (sulfide) groups is 1. The summed E-state index contributed by atoms with van der Waals surface area (Å²) < 4.78 is 20.9. The van der Waals surface area contributed by atoms with Crippen LogP contribution < -0.4 is 4.74 Å². The number of hydrogen-bond acceptors (Lipinski definition) is 4. The molecule has 0 saturated carbocycles. The van der Waals surface area contributed by atoms with Crippen LogP contribution in [0.5, 0.6) is 5.75 Å². The molecule has 0 atom stereocenters. The predicted octanol–water partition coefficient (Wildman–Crippen LogP) is 7.82. The SMILES string of the molecule is O=C1S/C(=C\c2cc(Br)c(OCc3ccccc3F)c(Br)c2)C(=O)N1Cc1ccc(Cl)cc1. The number of rotatable bonds is 6. The number of nitrogens with zero attached hydrogens (tertiary/aromatic N) is 1. The molecule has 0 bridgehead atoms. The van der Waals surface area contributed by atoms with Gasteiger partial charge in [-0.2, -0.15) is 0 Å². The largest absolute Gasteiger partial charge is 0.486 e. The number of imide groups is 1. The smallest absolute Gasteiger partial charge is 0.293 e. The van der Waals surface area contributed by atoms with Crippen molar-refractivity contribution in [2.45, 2.75) is 13.2 Å². The van der Waals surface area contributed by atoms with Crippen molar-refractivity contribution < 1.29 is 18.7 Å². The minimum absolute atomic E-state index is 0.0623. The molecule has 168 valence electrons. The molecule has 1 aliphatic heterocycles. The van der Waals surface area contributed by atoms with Crippen molar-refractivity contribution in [2.24, 2.45) is 0 Å². The molecular weight excluding hydrogens is 597 g/mol. The van der Waals surface area contributed by atoms with Gasteiger partial charge in [-0.15, -0.1) is 0 Å². The molecule has 1 saturated heterocycles. The van der Waals surface area contributed by atoms with E-state index in [4.69, 9.17) is 16.3 Å². The van der Waals surface area contributed by atoms with Crippen LogP contribution in [-0.2, 0) is 17.9 Å². The maximum absolute atomic E-state index is 13.9. The Bertz CT molecular complexity index is 1240. The molecule has 3 aromatic rings. The number of carbonyl (C=O) groups excluding carboxylic acids is 2. The second-order valence-electron chi connectivity index (χ2n) is 7.09. The second kappa shape index (κ2) is 10.4. The lowest BCUT2D eigenvalue weighted by Gasteiger charge is -2.13. The van der Waals surface area contributed by atoms with Gasteiger partial charge in [-0.25, -0.2) is 4.39 Å². The molecule has 0 spiro atoms. The Kier molecular flexibility index (Phi) is 7.58. The number of hydrogen-bond donors (Lipinski definition) is 0. The normalized spacial score (nSPS) is 14.9. The highest BCUT2D eigenvalue weighted by Crippen LogP contribution is 2.38. The summed E-state index contributed by atoms with van der Waals surface area (Å²) in [7, 11) is 0. The first-order valence-corrected chi connectivity index (χ1v) is 12.4. The van der Waals surface area contributed by atoms with Crippen molar-refractivity contribution in [2.75, 3.05) is 0 Å². The number of carbonyl (C=O) groups is 2. The van der Waals surface area contributed by atoms with Crippen molar-refractivity contribution in [1.29, 1.82) is 0 Å². The Hall–Kier alpha value is -2.13. The van der Waals surface area contributed by atoms with E-state index in [9.17, 15) is 14.0 Å². The van der Waals surface area contributed by atoms with E-state index in [1.807, 2.05) is 0 Å². The van der Waals surface area contributed by atoms with Gasteiger partial charge in [0.2, 0.25) is 0 Å². The van der Waals surface area contributed by atoms with Crippen LogP contribution in [0.25, 0.3) is 6.08 Å². The Balaban J connectivity index is 1.50. The average molecular weight is 612 g/mol. The molecular formula is C24H15Br2ClFNO3S. The molecule has 0 N–H and O–H groups in total. The topological polar surface area (TPSA) is 46.6 Å². The Morgan fingerprint density at radius 3 is 2.36 bits per heavy atom. The number of benzene rings is 3. The van der Waals surface area contributed by atoms with Crippen LogP contribution in [0.15, 0.2) is 74.5 Å². The molecule has 3 aromatic carbocycles. The quantitative estimate of drug-likeness (QED) is 0.267. The van der Waals surface area contributed by atoms with Crippen LogP contribution >= 0.6 is 55.2 Å². The van der Waals surface area contributed by atoms with Crippen molar-refractivity contribution in [3.63, 3.8) is 0 Å². The van der Waals surface area contributed by atoms with Crippen molar-refractivity contribution in [1.82, 2.24) is 4.90 Å². The van der Waals surface area contributed by atoms with Gasteiger partial charge in [0.1, 0.15) is 18.2 Å². The standard InChI is InChI=1S/C24H15Br2ClFNO3S/c25-18-9-15(10-19(26)22(18)32-13-16-3-1-2-4-20(16)28)11-21-23(30)29(24(31)33-21)12-14-5-7-17(27)8-6-14/h1-11H,12-13H2/b21-11-.